The van der Waals surface area contributed by atoms with Gasteiger partial charge in [-0.25, -0.2) is 0 Å². The molecule has 1 radical (unpaired) electrons. The van der Waals surface area contributed by atoms with Gasteiger partial charge in [-0.3, -0.25) is 0 Å². The third kappa shape index (κ3) is 2.56. The monoisotopic (exact) mass is 177 g/mol. The molecule has 0 aromatic carbocycles. The highest BCUT2D eigenvalue weighted by Gasteiger charge is 2.02. The van der Waals surface area contributed by atoms with Crippen LogP contribution in [0.2, 0.25) is 13.1 Å². The number of unbranched alkanes of at least 4 members (excludes halogenated alkanes) is 1. The van der Waals surface area contributed by atoms with E-state index in [-0.39, 0.29) is 8.41 Å². The maximum atomic E-state index is 3.36. The third-order valence-electron chi connectivity index (χ3n) is 2.10. The average molecular weight is 177 g/mol. The molecule has 0 amide bonds. The lowest BCUT2D eigenvalue weighted by Crippen LogP contribution is -2.00. The van der Waals surface area contributed by atoms with Crippen LogP contribution < -0.4 is 0 Å². The summed E-state index contributed by atoms with van der Waals surface area (Å²) in [4.78, 5) is 0. The Bertz CT molecular complexity index is 240. The van der Waals surface area contributed by atoms with Crippen molar-refractivity contribution in [2.45, 2.75) is 39.3 Å². The summed E-state index contributed by atoms with van der Waals surface area (Å²) in [5, 5.41) is 1.46. The molecule has 65 valence electrons. The Morgan fingerprint density at radius 2 is 2.17 bits per heavy atom. The fourth-order valence-electron chi connectivity index (χ4n) is 1.25. The van der Waals surface area contributed by atoms with E-state index >= 15 is 0 Å². The molecule has 0 saturated heterocycles. The number of hydrogen-bond acceptors (Lipinski definition) is 0. The zero-order valence-corrected chi connectivity index (χ0v) is 9.28. The van der Waals surface area contributed by atoms with E-state index in [1.165, 1.54) is 30.0 Å². The fraction of sp³-hybridized carbons (Fsp3) is 0.545. The van der Waals surface area contributed by atoms with E-state index in [1.807, 2.05) is 0 Å². The second kappa shape index (κ2) is 4.56. The maximum absolute atomic E-state index is 3.36. The Morgan fingerprint density at radius 3 is 2.67 bits per heavy atom. The van der Waals surface area contributed by atoms with Gasteiger partial charge in [0.25, 0.3) is 0 Å². The summed E-state index contributed by atoms with van der Waals surface area (Å²) in [6.07, 6.45) is 11.7. The first-order valence-electron chi connectivity index (χ1n) is 4.72. The summed E-state index contributed by atoms with van der Waals surface area (Å²) in [6.45, 7) is 6.88. The molecule has 0 aromatic rings. The highest BCUT2D eigenvalue weighted by Crippen LogP contribution is 2.13. The van der Waals surface area contributed by atoms with Gasteiger partial charge in [-0.2, -0.15) is 0 Å². The van der Waals surface area contributed by atoms with Crippen molar-refractivity contribution in [2.24, 2.45) is 0 Å². The van der Waals surface area contributed by atoms with Crippen LogP contribution >= 0.6 is 0 Å². The fourth-order valence-corrected chi connectivity index (χ4v) is 2.09. The summed E-state index contributed by atoms with van der Waals surface area (Å²) < 4.78 is 0. The van der Waals surface area contributed by atoms with Crippen molar-refractivity contribution in [3.63, 3.8) is 0 Å². The van der Waals surface area contributed by atoms with Gasteiger partial charge in [0.05, 0.1) is 0 Å². The summed E-state index contributed by atoms with van der Waals surface area (Å²) in [7, 11) is -0.271. The highest BCUT2D eigenvalue weighted by atomic mass is 28.2. The van der Waals surface area contributed by atoms with Crippen LogP contribution in [-0.2, 0) is 0 Å². The van der Waals surface area contributed by atoms with Crippen LogP contribution in [0.4, 0.5) is 0 Å². The van der Waals surface area contributed by atoms with Gasteiger partial charge in [0.15, 0.2) is 0 Å². The molecule has 0 N–H and O–H groups in total. The van der Waals surface area contributed by atoms with Crippen LogP contribution in [0.3, 0.4) is 0 Å². The molecule has 0 spiro atoms. The van der Waals surface area contributed by atoms with Gasteiger partial charge in [0, 0.05) is 8.41 Å². The van der Waals surface area contributed by atoms with Crippen LogP contribution in [0.15, 0.2) is 17.7 Å². The predicted octanol–water partition coefficient (Wildman–Crippen LogP) is 2.98. The Labute approximate surface area is 77.2 Å². The molecule has 1 aliphatic carbocycles. The Kier molecular flexibility index (Phi) is 3.67. The van der Waals surface area contributed by atoms with Crippen LogP contribution in [0.5, 0.6) is 0 Å². The molecular weight excluding hydrogens is 160 g/mol. The largest absolute Gasteiger partial charge is 0.0654 e. The lowest BCUT2D eigenvalue weighted by molar-refractivity contribution is 0.799. The highest BCUT2D eigenvalue weighted by molar-refractivity contribution is 6.72. The second-order valence-corrected chi connectivity index (χ2v) is 6.06. The number of allylic oxidation sites excluding steroid dienone is 4. The SMILES string of the molecule is CCCCC1=CC(=[Si](C)C)[C]=C1. The lowest BCUT2D eigenvalue weighted by atomic mass is 10.1. The van der Waals surface area contributed by atoms with E-state index < -0.39 is 0 Å². The van der Waals surface area contributed by atoms with Crippen molar-refractivity contribution >= 4 is 13.6 Å². The zero-order valence-electron chi connectivity index (χ0n) is 8.28. The topological polar surface area (TPSA) is 0 Å². The van der Waals surface area contributed by atoms with E-state index in [4.69, 9.17) is 0 Å². The van der Waals surface area contributed by atoms with Crippen molar-refractivity contribution in [1.29, 1.82) is 0 Å². The molecule has 0 aliphatic heterocycles. The van der Waals surface area contributed by atoms with Crippen LogP contribution in [-0.4, -0.2) is 13.6 Å². The van der Waals surface area contributed by atoms with E-state index in [9.17, 15) is 0 Å². The van der Waals surface area contributed by atoms with E-state index in [1.54, 1.807) is 0 Å². The minimum absolute atomic E-state index is 0.271. The van der Waals surface area contributed by atoms with E-state index in [2.05, 4.69) is 38.2 Å². The summed E-state index contributed by atoms with van der Waals surface area (Å²) in [5.41, 5.74) is 1.48. The molecule has 1 heteroatoms. The van der Waals surface area contributed by atoms with Gasteiger partial charge >= 0.3 is 0 Å². The molecular formula is C11H17Si. The average Bonchev–Trinajstić information content (AvgIpc) is 2.48. The van der Waals surface area contributed by atoms with Gasteiger partial charge in [-0.05, 0) is 29.7 Å². The molecule has 12 heavy (non-hydrogen) atoms. The van der Waals surface area contributed by atoms with Crippen molar-refractivity contribution < 1.29 is 0 Å². The van der Waals surface area contributed by atoms with Gasteiger partial charge in [-0.15, -0.1) is 0 Å². The Morgan fingerprint density at radius 1 is 1.42 bits per heavy atom. The van der Waals surface area contributed by atoms with Crippen molar-refractivity contribution in [1.82, 2.24) is 0 Å². The molecule has 0 heterocycles. The van der Waals surface area contributed by atoms with Crippen LogP contribution in [0.25, 0.3) is 0 Å². The molecule has 0 fully saturated rings. The van der Waals surface area contributed by atoms with Crippen molar-refractivity contribution in [3.8, 4) is 0 Å². The first kappa shape index (κ1) is 9.65. The standard InChI is InChI=1S/C11H17Si/c1-4-5-6-10-7-8-11(9-10)12(2)3/h7,9H,4-6H2,1-3H3. The number of rotatable bonds is 3. The normalized spacial score (nSPS) is 15.2. The lowest BCUT2D eigenvalue weighted by Gasteiger charge is -1.95. The first-order chi connectivity index (χ1) is 5.74. The smallest absolute Gasteiger partial charge is 0.0136 e. The molecule has 0 saturated carbocycles. The Balaban J connectivity index is 2.56. The molecule has 0 unspecified atom stereocenters. The van der Waals surface area contributed by atoms with Gasteiger partial charge in [-0.1, -0.05) is 38.6 Å². The Hall–Kier alpha value is -0.433. The third-order valence-corrected chi connectivity index (χ3v) is 3.47. The quantitative estimate of drug-likeness (QED) is 0.581. The van der Waals surface area contributed by atoms with Gasteiger partial charge in [0.2, 0.25) is 0 Å². The predicted molar refractivity (Wildman–Crippen MR) is 57.9 cm³/mol. The summed E-state index contributed by atoms with van der Waals surface area (Å²) in [6, 6.07) is 0. The summed E-state index contributed by atoms with van der Waals surface area (Å²) >= 11 is 0. The minimum atomic E-state index is -0.271. The zero-order chi connectivity index (χ0) is 8.97. The molecule has 0 bridgehead atoms. The number of hydrogen-bond donors (Lipinski definition) is 0. The van der Waals surface area contributed by atoms with E-state index in [0.717, 1.165) is 0 Å². The van der Waals surface area contributed by atoms with Crippen molar-refractivity contribution in [2.75, 3.05) is 0 Å². The molecule has 0 nitrogen and oxygen atoms in total. The molecule has 0 aromatic heterocycles. The molecule has 0 atom stereocenters. The van der Waals surface area contributed by atoms with Crippen LogP contribution in [0.1, 0.15) is 26.2 Å². The van der Waals surface area contributed by atoms with Crippen molar-refractivity contribution in [3.05, 3.63) is 23.8 Å². The van der Waals surface area contributed by atoms with Crippen LogP contribution in [0, 0.1) is 6.08 Å². The molecule has 1 aliphatic rings. The van der Waals surface area contributed by atoms with E-state index in [0.29, 0.717) is 0 Å². The maximum Gasteiger partial charge on any atom is 0.0136 e. The van der Waals surface area contributed by atoms with Gasteiger partial charge < -0.3 is 0 Å². The van der Waals surface area contributed by atoms with Gasteiger partial charge in [0.1, 0.15) is 0 Å². The first-order valence-corrected chi connectivity index (χ1v) is 7.22. The molecule has 1 rings (SSSR count). The minimum Gasteiger partial charge on any atom is -0.0654 e. The summed E-state index contributed by atoms with van der Waals surface area (Å²) in [5.74, 6) is 0. The second-order valence-electron chi connectivity index (χ2n) is 3.53.